The lowest BCUT2D eigenvalue weighted by Gasteiger charge is -2.10. The Morgan fingerprint density at radius 2 is 1.67 bits per heavy atom. The Morgan fingerprint density at radius 1 is 1.00 bits per heavy atom. The number of benzene rings is 1. The van der Waals surface area contributed by atoms with Gasteiger partial charge in [0, 0.05) is 0 Å². The average Bonchev–Trinajstić information content (AvgIpc) is 2.80. The lowest BCUT2D eigenvalue weighted by molar-refractivity contribution is 0.264. The normalized spacial score (nSPS) is 10.7. The Bertz CT molecular complexity index is 543. The van der Waals surface area contributed by atoms with E-state index in [0.717, 1.165) is 22.8 Å². The summed E-state index contributed by atoms with van der Waals surface area (Å²) < 4.78 is 11.3. The Hall–Kier alpha value is -1.74. The van der Waals surface area contributed by atoms with Gasteiger partial charge in [0.2, 0.25) is 0 Å². The van der Waals surface area contributed by atoms with Crippen LogP contribution >= 0.6 is 0 Å². The van der Waals surface area contributed by atoms with E-state index in [1.54, 1.807) is 0 Å². The van der Waals surface area contributed by atoms with Crippen molar-refractivity contribution in [3.63, 3.8) is 0 Å². The highest BCUT2D eigenvalue weighted by Crippen LogP contribution is 2.23. The largest absolute Gasteiger partial charge is 0.485 e. The molecule has 1 aromatic carbocycles. The molecule has 1 aromatic heterocycles. The third-order valence-corrected chi connectivity index (χ3v) is 3.08. The molecule has 0 aliphatic rings. The van der Waals surface area contributed by atoms with Crippen LogP contribution in [0.4, 0.5) is 0 Å². The highest BCUT2D eigenvalue weighted by molar-refractivity contribution is 5.40. The van der Waals surface area contributed by atoms with E-state index in [-0.39, 0.29) is 0 Å². The van der Waals surface area contributed by atoms with Gasteiger partial charge in [-0.05, 0) is 55.7 Å². The summed E-state index contributed by atoms with van der Waals surface area (Å²) >= 11 is 0. The van der Waals surface area contributed by atoms with Gasteiger partial charge in [0.1, 0.15) is 23.9 Å². The van der Waals surface area contributed by atoms with Gasteiger partial charge in [0.25, 0.3) is 0 Å². The first-order valence-corrected chi connectivity index (χ1v) is 6.08. The first-order chi connectivity index (χ1) is 8.60. The summed E-state index contributed by atoms with van der Waals surface area (Å²) in [5, 5.41) is 0. The van der Waals surface area contributed by atoms with E-state index < -0.39 is 0 Å². The first-order valence-electron chi connectivity index (χ1n) is 6.08. The SMILES string of the molecule is Cc1cc(C)c(OCc2ccc(CN)o2)cc1C. The van der Waals surface area contributed by atoms with Crippen LogP contribution in [0.5, 0.6) is 5.75 Å². The van der Waals surface area contributed by atoms with Crippen molar-refractivity contribution in [3.05, 3.63) is 52.5 Å². The molecule has 0 bridgehead atoms. The van der Waals surface area contributed by atoms with Gasteiger partial charge >= 0.3 is 0 Å². The lowest BCUT2D eigenvalue weighted by Crippen LogP contribution is -1.97. The maximum Gasteiger partial charge on any atom is 0.146 e. The second-order valence-electron chi connectivity index (χ2n) is 4.56. The molecule has 0 saturated carbocycles. The third-order valence-electron chi connectivity index (χ3n) is 3.08. The van der Waals surface area contributed by atoms with E-state index in [1.165, 1.54) is 11.1 Å². The van der Waals surface area contributed by atoms with Gasteiger partial charge in [-0.3, -0.25) is 0 Å². The molecule has 2 aromatic rings. The molecule has 0 aliphatic carbocycles. The molecule has 0 aliphatic heterocycles. The summed E-state index contributed by atoms with van der Waals surface area (Å²) in [7, 11) is 0. The molecule has 2 rings (SSSR count). The van der Waals surface area contributed by atoms with Crippen LogP contribution in [0.3, 0.4) is 0 Å². The first kappa shape index (κ1) is 12.7. The molecule has 18 heavy (non-hydrogen) atoms. The van der Waals surface area contributed by atoms with Gasteiger partial charge in [-0.25, -0.2) is 0 Å². The highest BCUT2D eigenvalue weighted by Gasteiger charge is 2.05. The van der Waals surface area contributed by atoms with Crippen molar-refractivity contribution in [3.8, 4) is 5.75 Å². The summed E-state index contributed by atoms with van der Waals surface area (Å²) in [4.78, 5) is 0. The average molecular weight is 245 g/mol. The molecule has 0 radical (unpaired) electrons. The van der Waals surface area contributed by atoms with Crippen molar-refractivity contribution in [2.75, 3.05) is 0 Å². The number of ether oxygens (including phenoxy) is 1. The molecule has 1 heterocycles. The molecule has 3 heteroatoms. The maximum atomic E-state index is 5.78. The smallest absolute Gasteiger partial charge is 0.146 e. The molecular weight excluding hydrogens is 226 g/mol. The van der Waals surface area contributed by atoms with E-state index >= 15 is 0 Å². The Balaban J connectivity index is 2.08. The van der Waals surface area contributed by atoms with Crippen LogP contribution in [0.15, 0.2) is 28.7 Å². The second kappa shape index (κ2) is 5.27. The molecule has 0 spiro atoms. The van der Waals surface area contributed by atoms with Gasteiger partial charge in [0.05, 0.1) is 6.54 Å². The fourth-order valence-corrected chi connectivity index (χ4v) is 1.85. The zero-order valence-electron chi connectivity index (χ0n) is 11.1. The number of hydrogen-bond acceptors (Lipinski definition) is 3. The van der Waals surface area contributed by atoms with Crippen molar-refractivity contribution in [2.45, 2.75) is 33.9 Å². The fraction of sp³-hybridized carbons (Fsp3) is 0.333. The molecule has 0 unspecified atom stereocenters. The monoisotopic (exact) mass is 245 g/mol. The van der Waals surface area contributed by atoms with Crippen LogP contribution in [-0.4, -0.2) is 0 Å². The quantitative estimate of drug-likeness (QED) is 0.899. The summed E-state index contributed by atoms with van der Waals surface area (Å²) in [5.74, 6) is 2.49. The number of rotatable bonds is 4. The molecule has 96 valence electrons. The molecular formula is C15H19NO2. The van der Waals surface area contributed by atoms with E-state index in [2.05, 4.69) is 32.9 Å². The lowest BCUT2D eigenvalue weighted by atomic mass is 10.1. The van der Waals surface area contributed by atoms with E-state index in [9.17, 15) is 0 Å². The number of furan rings is 1. The predicted molar refractivity (Wildman–Crippen MR) is 71.6 cm³/mol. The van der Waals surface area contributed by atoms with Crippen LogP contribution in [0.1, 0.15) is 28.2 Å². The standard InChI is InChI=1S/C15H19NO2/c1-10-6-12(3)15(7-11(10)2)17-9-14-5-4-13(8-16)18-14/h4-7H,8-9,16H2,1-3H3. The molecule has 2 N–H and O–H groups in total. The van der Waals surface area contributed by atoms with E-state index in [4.69, 9.17) is 14.9 Å². The van der Waals surface area contributed by atoms with Gasteiger partial charge < -0.3 is 14.9 Å². The summed E-state index contributed by atoms with van der Waals surface area (Å²) in [6, 6.07) is 7.99. The highest BCUT2D eigenvalue weighted by atomic mass is 16.5. The van der Waals surface area contributed by atoms with Crippen LogP contribution in [0.25, 0.3) is 0 Å². The fourth-order valence-electron chi connectivity index (χ4n) is 1.85. The molecule has 0 saturated heterocycles. The van der Waals surface area contributed by atoms with Crippen molar-refractivity contribution in [2.24, 2.45) is 5.73 Å². The van der Waals surface area contributed by atoms with E-state index in [0.29, 0.717) is 13.2 Å². The van der Waals surface area contributed by atoms with Crippen molar-refractivity contribution >= 4 is 0 Å². The Kier molecular flexibility index (Phi) is 3.72. The minimum atomic E-state index is 0.419. The van der Waals surface area contributed by atoms with Crippen LogP contribution in [-0.2, 0) is 13.2 Å². The number of nitrogens with two attached hydrogens (primary N) is 1. The van der Waals surface area contributed by atoms with Crippen molar-refractivity contribution in [1.29, 1.82) is 0 Å². The predicted octanol–water partition coefficient (Wildman–Crippen LogP) is 3.24. The second-order valence-corrected chi connectivity index (χ2v) is 4.56. The summed E-state index contributed by atoms with van der Waals surface area (Å²) in [6.45, 7) is 7.09. The summed E-state index contributed by atoms with van der Waals surface area (Å²) in [6.07, 6.45) is 0. The van der Waals surface area contributed by atoms with Gasteiger partial charge in [-0.15, -0.1) is 0 Å². The molecule has 0 atom stereocenters. The van der Waals surface area contributed by atoms with Crippen LogP contribution in [0, 0.1) is 20.8 Å². The number of aryl methyl sites for hydroxylation is 3. The van der Waals surface area contributed by atoms with Gasteiger partial charge in [-0.1, -0.05) is 6.07 Å². The van der Waals surface area contributed by atoms with Crippen LogP contribution in [0.2, 0.25) is 0 Å². The number of hydrogen-bond donors (Lipinski definition) is 1. The zero-order chi connectivity index (χ0) is 13.1. The molecule has 0 fully saturated rings. The minimum absolute atomic E-state index is 0.419. The van der Waals surface area contributed by atoms with E-state index in [1.807, 2.05) is 12.1 Å². The topological polar surface area (TPSA) is 48.4 Å². The van der Waals surface area contributed by atoms with Crippen molar-refractivity contribution < 1.29 is 9.15 Å². The van der Waals surface area contributed by atoms with Gasteiger partial charge in [0.15, 0.2) is 0 Å². The molecule has 3 nitrogen and oxygen atoms in total. The third kappa shape index (κ3) is 2.74. The molecule has 0 amide bonds. The van der Waals surface area contributed by atoms with Crippen LogP contribution < -0.4 is 10.5 Å². The maximum absolute atomic E-state index is 5.78. The summed E-state index contributed by atoms with van der Waals surface area (Å²) in [5.41, 5.74) is 9.15. The minimum Gasteiger partial charge on any atom is -0.485 e. The zero-order valence-corrected chi connectivity index (χ0v) is 11.1. The van der Waals surface area contributed by atoms with Gasteiger partial charge in [-0.2, -0.15) is 0 Å². The Labute approximate surface area is 108 Å². The van der Waals surface area contributed by atoms with Crippen molar-refractivity contribution in [1.82, 2.24) is 0 Å². The Morgan fingerprint density at radius 3 is 2.33 bits per heavy atom.